The number of para-hydroxylation sites is 1. The van der Waals surface area contributed by atoms with E-state index in [-0.39, 0.29) is 17.8 Å². The Morgan fingerprint density at radius 2 is 1.79 bits per heavy atom. The Balaban J connectivity index is 1.50. The summed E-state index contributed by atoms with van der Waals surface area (Å²) in [4.78, 5) is 18.0. The van der Waals surface area contributed by atoms with Gasteiger partial charge in [-0.15, -0.1) is 11.3 Å². The first kappa shape index (κ1) is 19.6. The van der Waals surface area contributed by atoms with Crippen molar-refractivity contribution in [2.45, 2.75) is 25.4 Å². The summed E-state index contributed by atoms with van der Waals surface area (Å²) in [6, 6.07) is 17.3. The van der Waals surface area contributed by atoms with Crippen LogP contribution in [0.2, 0.25) is 0 Å². The molecule has 1 amide bonds. The first-order valence-electron chi connectivity index (χ1n) is 9.73. The van der Waals surface area contributed by atoms with Gasteiger partial charge in [-0.1, -0.05) is 24.3 Å². The third-order valence-corrected chi connectivity index (χ3v) is 6.22. The lowest BCUT2D eigenvalue weighted by atomic mass is 10.0. The number of carbonyl (C=O) groups is 1. The molecule has 2 heterocycles. The number of hydrogen-bond acceptors (Lipinski definition) is 4. The van der Waals surface area contributed by atoms with Crippen molar-refractivity contribution in [3.8, 4) is 5.75 Å². The van der Waals surface area contributed by atoms with Crippen LogP contribution in [0.15, 0.2) is 66.0 Å². The Hall–Kier alpha value is -2.70. The number of amides is 1. The van der Waals surface area contributed by atoms with Crippen molar-refractivity contribution < 1.29 is 14.3 Å². The van der Waals surface area contributed by atoms with Gasteiger partial charge in [0.05, 0.1) is 4.88 Å². The number of carbonyl (C=O) groups excluding carboxylic acids is 1. The van der Waals surface area contributed by atoms with Crippen molar-refractivity contribution in [1.82, 2.24) is 4.90 Å². The van der Waals surface area contributed by atoms with Gasteiger partial charge >= 0.3 is 0 Å². The Morgan fingerprint density at radius 3 is 2.45 bits per heavy atom. The minimum atomic E-state index is -0.310. The number of hydrogen-bond donors (Lipinski definition) is 1. The van der Waals surface area contributed by atoms with Crippen LogP contribution in [0.25, 0.3) is 0 Å². The molecule has 1 aliphatic rings. The van der Waals surface area contributed by atoms with Crippen LogP contribution in [0, 0.1) is 5.82 Å². The quantitative estimate of drug-likeness (QED) is 0.650. The average molecular weight is 411 g/mol. The molecule has 29 heavy (non-hydrogen) atoms. The normalized spacial score (nSPS) is 15.3. The van der Waals surface area contributed by atoms with Crippen molar-refractivity contribution in [3.05, 3.63) is 82.3 Å². The molecule has 0 saturated carbocycles. The molecule has 0 bridgehead atoms. The van der Waals surface area contributed by atoms with Gasteiger partial charge in [0.15, 0.2) is 0 Å². The number of nitrogens with zero attached hydrogens (tertiary/aromatic N) is 2. The molecule has 2 aromatic carbocycles. The van der Waals surface area contributed by atoms with Crippen molar-refractivity contribution in [1.29, 1.82) is 0 Å². The van der Waals surface area contributed by atoms with E-state index in [1.54, 1.807) is 18.2 Å². The SMILES string of the molecule is O=C(c1cccs1)N(c1ccc(F)cc1)C1CCN(Cc2ccccc2O)CC1. The Labute approximate surface area is 173 Å². The lowest BCUT2D eigenvalue weighted by Gasteiger charge is -2.38. The van der Waals surface area contributed by atoms with Gasteiger partial charge < -0.3 is 10.0 Å². The third-order valence-electron chi connectivity index (χ3n) is 5.36. The van der Waals surface area contributed by atoms with Crippen LogP contribution < -0.4 is 4.90 Å². The standard InChI is InChI=1S/C23H23FN2O2S/c24-18-7-9-19(10-8-18)26(23(28)22-6-3-15-29-22)20-11-13-25(14-12-20)16-17-4-1-2-5-21(17)27/h1-10,15,20,27H,11-14,16H2. The third kappa shape index (κ3) is 4.49. The predicted molar refractivity (Wildman–Crippen MR) is 114 cm³/mol. The number of piperidine rings is 1. The average Bonchev–Trinajstić information content (AvgIpc) is 3.27. The molecular weight excluding hydrogens is 387 g/mol. The van der Waals surface area contributed by atoms with Crippen LogP contribution in [0.4, 0.5) is 10.1 Å². The number of benzene rings is 2. The minimum Gasteiger partial charge on any atom is -0.508 e. The number of phenolic OH excluding ortho intramolecular Hbond substituents is 1. The van der Waals surface area contributed by atoms with Crippen LogP contribution >= 0.6 is 11.3 Å². The lowest BCUT2D eigenvalue weighted by Crippen LogP contribution is -2.47. The summed E-state index contributed by atoms with van der Waals surface area (Å²) < 4.78 is 13.4. The number of halogens is 1. The number of rotatable bonds is 5. The second-order valence-corrected chi connectivity index (χ2v) is 8.21. The first-order valence-corrected chi connectivity index (χ1v) is 10.6. The molecule has 0 radical (unpaired) electrons. The van der Waals surface area contributed by atoms with E-state index in [0.717, 1.165) is 37.2 Å². The van der Waals surface area contributed by atoms with Gasteiger partial charge in [0.25, 0.3) is 5.91 Å². The zero-order valence-electron chi connectivity index (χ0n) is 16.0. The van der Waals surface area contributed by atoms with Gasteiger partial charge in [0.2, 0.25) is 0 Å². The lowest BCUT2D eigenvalue weighted by molar-refractivity contribution is 0.0962. The maximum Gasteiger partial charge on any atom is 0.268 e. The molecule has 0 aliphatic carbocycles. The maximum atomic E-state index is 13.4. The first-order chi connectivity index (χ1) is 14.1. The van der Waals surface area contributed by atoms with E-state index in [9.17, 15) is 14.3 Å². The highest BCUT2D eigenvalue weighted by molar-refractivity contribution is 7.12. The molecule has 6 heteroatoms. The monoisotopic (exact) mass is 410 g/mol. The van der Waals surface area contributed by atoms with E-state index < -0.39 is 0 Å². The Kier molecular flexibility index (Phi) is 5.92. The second-order valence-electron chi connectivity index (χ2n) is 7.26. The molecule has 4 rings (SSSR count). The fourth-order valence-electron chi connectivity index (χ4n) is 3.84. The number of aromatic hydroxyl groups is 1. The van der Waals surface area contributed by atoms with E-state index >= 15 is 0 Å². The topological polar surface area (TPSA) is 43.8 Å². The summed E-state index contributed by atoms with van der Waals surface area (Å²) in [5.74, 6) is -0.0315. The van der Waals surface area contributed by atoms with Crippen molar-refractivity contribution >= 4 is 22.9 Å². The summed E-state index contributed by atoms with van der Waals surface area (Å²) >= 11 is 1.42. The van der Waals surface area contributed by atoms with Crippen molar-refractivity contribution in [2.75, 3.05) is 18.0 Å². The van der Waals surface area contributed by atoms with Crippen LogP contribution in [-0.2, 0) is 6.54 Å². The van der Waals surface area contributed by atoms with E-state index in [2.05, 4.69) is 4.90 Å². The molecule has 1 fully saturated rings. The summed E-state index contributed by atoms with van der Waals surface area (Å²) in [6.45, 7) is 2.34. The summed E-state index contributed by atoms with van der Waals surface area (Å²) in [5, 5.41) is 11.9. The van der Waals surface area contributed by atoms with Crippen LogP contribution in [0.5, 0.6) is 5.75 Å². The van der Waals surface area contributed by atoms with Gasteiger partial charge in [0, 0.05) is 36.9 Å². The van der Waals surface area contributed by atoms with Crippen molar-refractivity contribution in [3.63, 3.8) is 0 Å². The highest BCUT2D eigenvalue weighted by atomic mass is 32.1. The Morgan fingerprint density at radius 1 is 1.07 bits per heavy atom. The van der Waals surface area contributed by atoms with E-state index in [0.29, 0.717) is 17.2 Å². The molecule has 150 valence electrons. The molecule has 1 N–H and O–H groups in total. The molecule has 3 aromatic rings. The largest absolute Gasteiger partial charge is 0.508 e. The fourth-order valence-corrected chi connectivity index (χ4v) is 4.50. The number of anilines is 1. The molecule has 0 atom stereocenters. The molecular formula is C23H23FN2O2S. The fraction of sp³-hybridized carbons (Fsp3) is 0.261. The number of likely N-dealkylation sites (tertiary alicyclic amines) is 1. The second kappa shape index (κ2) is 8.76. The molecule has 1 aromatic heterocycles. The van der Waals surface area contributed by atoms with Crippen molar-refractivity contribution in [2.24, 2.45) is 0 Å². The molecule has 0 spiro atoms. The van der Waals surface area contributed by atoms with E-state index in [4.69, 9.17) is 0 Å². The predicted octanol–water partition coefficient (Wildman–Crippen LogP) is 4.90. The molecule has 1 aliphatic heterocycles. The van der Waals surface area contributed by atoms with E-state index in [1.165, 1.54) is 23.5 Å². The van der Waals surface area contributed by atoms with Gasteiger partial charge in [-0.2, -0.15) is 0 Å². The summed E-state index contributed by atoms with van der Waals surface area (Å²) in [7, 11) is 0. The molecule has 1 saturated heterocycles. The molecule has 0 unspecified atom stereocenters. The van der Waals surface area contributed by atoms with Gasteiger partial charge in [-0.3, -0.25) is 9.69 Å². The Bertz CT molecular complexity index is 951. The zero-order valence-corrected chi connectivity index (χ0v) is 16.8. The minimum absolute atomic E-state index is 0.0363. The van der Waals surface area contributed by atoms with Gasteiger partial charge in [-0.05, 0) is 54.6 Å². The smallest absolute Gasteiger partial charge is 0.268 e. The number of thiophene rings is 1. The summed E-state index contributed by atoms with van der Waals surface area (Å²) in [6.07, 6.45) is 1.64. The maximum absolute atomic E-state index is 13.4. The highest BCUT2D eigenvalue weighted by Crippen LogP contribution is 2.28. The van der Waals surface area contributed by atoms with Crippen LogP contribution in [0.1, 0.15) is 28.1 Å². The highest BCUT2D eigenvalue weighted by Gasteiger charge is 2.30. The zero-order chi connectivity index (χ0) is 20.2. The van der Waals surface area contributed by atoms with Crippen LogP contribution in [-0.4, -0.2) is 35.0 Å². The van der Waals surface area contributed by atoms with Crippen LogP contribution in [0.3, 0.4) is 0 Å². The number of phenols is 1. The van der Waals surface area contributed by atoms with Gasteiger partial charge in [-0.25, -0.2) is 4.39 Å². The van der Waals surface area contributed by atoms with Gasteiger partial charge in [0.1, 0.15) is 11.6 Å². The van der Waals surface area contributed by atoms with E-state index in [1.807, 2.05) is 40.6 Å². The summed E-state index contributed by atoms with van der Waals surface area (Å²) in [5.41, 5.74) is 1.64. The molecule has 4 nitrogen and oxygen atoms in total.